The summed E-state index contributed by atoms with van der Waals surface area (Å²) in [4.78, 5) is 11.5. The van der Waals surface area contributed by atoms with Gasteiger partial charge < -0.3 is 28.4 Å². The van der Waals surface area contributed by atoms with Crippen molar-refractivity contribution in [2.24, 2.45) is 0 Å². The van der Waals surface area contributed by atoms with Crippen molar-refractivity contribution in [1.82, 2.24) is 0 Å². The van der Waals surface area contributed by atoms with Gasteiger partial charge in [0.05, 0.1) is 9.79 Å². The number of sulfone groups is 1. The maximum absolute atomic E-state index is 14.5. The molecule has 0 bridgehead atoms. The van der Waals surface area contributed by atoms with Gasteiger partial charge in [-0.2, -0.15) is 8.42 Å². The smallest absolute Gasteiger partial charge is 0.302 e. The number of carbonyl (C=O) groups excluding carboxylic acids is 1. The Balaban J connectivity index is 1.65. The quantitative estimate of drug-likeness (QED) is 0.289. The molecule has 0 unspecified atom stereocenters. The highest BCUT2D eigenvalue weighted by Gasteiger charge is 2.69. The van der Waals surface area contributed by atoms with Crippen molar-refractivity contribution in [3.05, 3.63) is 59.7 Å². The summed E-state index contributed by atoms with van der Waals surface area (Å²) in [6, 6.07) is 12.0. The third-order valence-corrected chi connectivity index (χ3v) is 11.9. The Labute approximate surface area is 257 Å². The van der Waals surface area contributed by atoms with Gasteiger partial charge >= 0.3 is 5.97 Å². The van der Waals surface area contributed by atoms with Gasteiger partial charge in [0.15, 0.2) is 16.1 Å². The lowest BCUT2D eigenvalue weighted by atomic mass is 9.84. The minimum Gasteiger partial charge on any atom is -0.463 e. The Bertz CT molecular complexity index is 1560. The van der Waals surface area contributed by atoms with Crippen LogP contribution in [0, 0.1) is 13.8 Å². The third-order valence-electron chi connectivity index (χ3n) is 8.44. The van der Waals surface area contributed by atoms with E-state index < -0.39 is 74.0 Å². The van der Waals surface area contributed by atoms with Crippen molar-refractivity contribution in [3.63, 3.8) is 0 Å². The lowest BCUT2D eigenvalue weighted by Crippen LogP contribution is -2.76. The van der Waals surface area contributed by atoms with Gasteiger partial charge in [-0.15, -0.1) is 0 Å². The normalized spacial score (nSPS) is 32.3. The Morgan fingerprint density at radius 2 is 1.32 bits per heavy atom. The maximum Gasteiger partial charge on any atom is 0.302 e. The average molecular weight is 655 g/mol. The monoisotopic (exact) mass is 654 g/mol. The van der Waals surface area contributed by atoms with Crippen LogP contribution < -0.4 is 0 Å². The van der Waals surface area contributed by atoms with Crippen LogP contribution in [0.1, 0.15) is 43.7 Å². The number of esters is 1. The molecule has 2 aromatic rings. The summed E-state index contributed by atoms with van der Waals surface area (Å²) >= 11 is 0. The average Bonchev–Trinajstić information content (AvgIpc) is 2.98. The molecule has 242 valence electrons. The highest BCUT2D eigenvalue weighted by Crippen LogP contribution is 2.52. The summed E-state index contributed by atoms with van der Waals surface area (Å²) in [5, 5.41) is -1.76. The van der Waals surface area contributed by atoms with Crippen LogP contribution in [-0.2, 0) is 57.4 Å². The van der Waals surface area contributed by atoms with Crippen molar-refractivity contribution in [1.29, 1.82) is 0 Å². The molecule has 5 rings (SSSR count). The van der Waals surface area contributed by atoms with Gasteiger partial charge in [0, 0.05) is 34.0 Å². The van der Waals surface area contributed by atoms with Crippen molar-refractivity contribution in [3.8, 4) is 0 Å². The van der Waals surface area contributed by atoms with Gasteiger partial charge in [0.2, 0.25) is 11.6 Å². The lowest BCUT2D eigenvalue weighted by molar-refractivity contribution is -0.485. The minimum atomic E-state index is -4.56. The zero-order valence-electron chi connectivity index (χ0n) is 25.3. The zero-order chi connectivity index (χ0) is 31.9. The number of methoxy groups -OCH3 is 2. The maximum atomic E-state index is 14.5. The number of rotatable bonds is 9. The molecule has 14 heteroatoms. The molecular weight excluding hydrogens is 616 g/mol. The van der Waals surface area contributed by atoms with Crippen LogP contribution in [0.5, 0.6) is 0 Å². The van der Waals surface area contributed by atoms with Crippen molar-refractivity contribution >= 4 is 25.9 Å². The van der Waals surface area contributed by atoms with Gasteiger partial charge in [0.25, 0.3) is 10.1 Å². The second-order valence-corrected chi connectivity index (χ2v) is 15.0. The fraction of sp³-hybridized carbons (Fsp3) is 0.567. The van der Waals surface area contributed by atoms with Crippen LogP contribution in [0.25, 0.3) is 0 Å². The molecule has 0 radical (unpaired) electrons. The topological polar surface area (TPSA) is 150 Å². The Morgan fingerprint density at radius 3 is 1.82 bits per heavy atom. The van der Waals surface area contributed by atoms with Gasteiger partial charge in [-0.1, -0.05) is 35.4 Å². The molecule has 44 heavy (non-hydrogen) atoms. The van der Waals surface area contributed by atoms with Crippen LogP contribution in [-0.4, -0.2) is 85.1 Å². The molecule has 3 fully saturated rings. The van der Waals surface area contributed by atoms with E-state index in [9.17, 15) is 21.6 Å². The molecule has 2 heterocycles. The molecule has 0 spiro atoms. The molecule has 12 nitrogen and oxygen atoms in total. The van der Waals surface area contributed by atoms with Crippen LogP contribution >= 0.6 is 0 Å². The summed E-state index contributed by atoms with van der Waals surface area (Å²) in [6.07, 6.45) is -3.66. The minimum absolute atomic E-state index is 0.0995. The second kappa shape index (κ2) is 12.4. The van der Waals surface area contributed by atoms with Gasteiger partial charge in [-0.05, 0) is 51.0 Å². The highest BCUT2D eigenvalue weighted by atomic mass is 32.2. The molecular formula is C30H38O12S2. The van der Waals surface area contributed by atoms with Crippen molar-refractivity contribution in [2.45, 2.75) is 97.7 Å². The van der Waals surface area contributed by atoms with Gasteiger partial charge in [-0.25, -0.2) is 12.6 Å². The number of benzene rings is 2. The number of fused-ring (bicyclic) bond motifs is 2. The van der Waals surface area contributed by atoms with E-state index in [1.165, 1.54) is 45.4 Å². The summed E-state index contributed by atoms with van der Waals surface area (Å²) in [6.45, 7) is 4.40. The largest absolute Gasteiger partial charge is 0.463 e. The second-order valence-electron chi connectivity index (χ2n) is 11.3. The van der Waals surface area contributed by atoms with Gasteiger partial charge in [0.1, 0.15) is 30.2 Å². The predicted molar refractivity (Wildman–Crippen MR) is 155 cm³/mol. The van der Waals surface area contributed by atoms with E-state index in [0.29, 0.717) is 25.7 Å². The Hall–Kier alpha value is -2.43. The van der Waals surface area contributed by atoms with Crippen LogP contribution in [0.3, 0.4) is 0 Å². The molecule has 0 aromatic heterocycles. The van der Waals surface area contributed by atoms with E-state index in [2.05, 4.69) is 0 Å². The van der Waals surface area contributed by atoms with Crippen LogP contribution in [0.15, 0.2) is 58.3 Å². The van der Waals surface area contributed by atoms with E-state index in [1.807, 2.05) is 6.92 Å². The van der Waals surface area contributed by atoms with Crippen LogP contribution in [0.2, 0.25) is 0 Å². The first-order valence-corrected chi connectivity index (χ1v) is 17.3. The number of aryl methyl sites for hydroxylation is 2. The molecule has 1 aliphatic carbocycles. The van der Waals surface area contributed by atoms with E-state index in [4.69, 9.17) is 32.6 Å². The zero-order valence-corrected chi connectivity index (χ0v) is 26.9. The Morgan fingerprint density at radius 1 is 0.818 bits per heavy atom. The molecule has 2 aliphatic heterocycles. The van der Waals surface area contributed by atoms with E-state index in [-0.39, 0.29) is 9.79 Å². The molecule has 1 saturated carbocycles. The fourth-order valence-electron chi connectivity index (χ4n) is 6.11. The summed E-state index contributed by atoms with van der Waals surface area (Å²) in [5.74, 6) is -3.61. The number of hydrogen-bond donors (Lipinski definition) is 0. The first-order chi connectivity index (χ1) is 20.8. The summed E-state index contributed by atoms with van der Waals surface area (Å²) in [5.41, 5.74) is 1.63. The predicted octanol–water partition coefficient (Wildman–Crippen LogP) is 3.18. The lowest BCUT2D eigenvalue weighted by Gasteiger charge is -2.60. The van der Waals surface area contributed by atoms with Crippen molar-refractivity contribution < 1.29 is 54.2 Å². The fourth-order valence-corrected chi connectivity index (χ4v) is 8.98. The first kappa shape index (κ1) is 32.9. The molecule has 2 aromatic carbocycles. The number of hydrogen-bond acceptors (Lipinski definition) is 12. The van der Waals surface area contributed by atoms with E-state index in [1.54, 1.807) is 31.2 Å². The third kappa shape index (κ3) is 5.94. The summed E-state index contributed by atoms with van der Waals surface area (Å²) < 4.78 is 98.0. The first-order valence-electron chi connectivity index (χ1n) is 14.3. The van der Waals surface area contributed by atoms with E-state index in [0.717, 1.165) is 11.1 Å². The van der Waals surface area contributed by atoms with E-state index >= 15 is 0 Å². The number of carbonyl (C=O) groups is 1. The SMILES string of the molecule is CO[C@]12CCCC[C@]1(OC)O[C@H]1[C@H](O2)[C@@H](S(=O)(=O)c2ccc(C)cc2)[C@H](OS(=O)(=O)c2ccc(C)cc2)O[C@@H]1COC(C)=O. The number of ether oxygens (including phenoxy) is 6. The molecule has 3 aliphatic rings. The molecule has 2 saturated heterocycles. The standard InChI is InChI=1S/C30H38O12S2/c1-19-8-12-22(13-9-19)43(32,33)27-26-25(40-29(36-4)16-6-7-17-30(29,37-5)41-26)24(18-38-21(3)31)39-28(27)42-44(34,35)23-14-10-20(2)11-15-23/h8-15,24-28H,6-7,16-18H2,1-5H3/t24-,25-,26+,27-,28+,29+,30+/m1/s1. The molecule has 0 N–H and O–H groups in total. The highest BCUT2D eigenvalue weighted by molar-refractivity contribution is 7.92. The molecule has 0 amide bonds. The Kier molecular flexibility index (Phi) is 9.29. The van der Waals surface area contributed by atoms with Crippen molar-refractivity contribution in [2.75, 3.05) is 20.8 Å². The van der Waals surface area contributed by atoms with Gasteiger partial charge in [-0.3, -0.25) is 4.79 Å². The molecule has 7 atom stereocenters. The van der Waals surface area contributed by atoms with Crippen LogP contribution in [0.4, 0.5) is 0 Å². The summed E-state index contributed by atoms with van der Waals surface area (Å²) in [7, 11) is -6.15.